The number of hydrogen-bond donors (Lipinski definition) is 0. The maximum absolute atomic E-state index is 12.5. The summed E-state index contributed by atoms with van der Waals surface area (Å²) in [6.45, 7) is 4.80. The molecule has 7 heteroatoms. The Labute approximate surface area is 158 Å². The van der Waals surface area contributed by atoms with Gasteiger partial charge in [0.15, 0.2) is 5.16 Å². The molecule has 0 radical (unpaired) electrons. The summed E-state index contributed by atoms with van der Waals surface area (Å²) >= 11 is 1.36. The molecular formula is C19H21N5OS. The van der Waals surface area contributed by atoms with Crippen LogP contribution in [0.5, 0.6) is 0 Å². The standard InChI is InChI=1S/C19H21N5OS/c1-15-11-16(2)13-17(12-15)24-10-7-22-19(24)26-14-18(25)23(8-3-5-20)9-4-6-21/h7,10-13H,3-4,8-9,14H2,1-2H3. The lowest BCUT2D eigenvalue weighted by molar-refractivity contribution is -0.128. The Bertz CT molecular complexity index is 808. The topological polar surface area (TPSA) is 85.7 Å². The molecule has 0 atom stereocenters. The number of hydrogen-bond acceptors (Lipinski definition) is 5. The van der Waals surface area contributed by atoms with Crippen molar-refractivity contribution in [2.75, 3.05) is 18.8 Å². The van der Waals surface area contributed by atoms with Crippen molar-refractivity contribution in [3.63, 3.8) is 0 Å². The minimum Gasteiger partial charge on any atom is -0.340 e. The molecule has 6 nitrogen and oxygen atoms in total. The molecule has 1 aromatic heterocycles. The first-order valence-electron chi connectivity index (χ1n) is 8.31. The fourth-order valence-corrected chi connectivity index (χ4v) is 3.51. The van der Waals surface area contributed by atoms with Crippen LogP contribution >= 0.6 is 11.8 Å². The summed E-state index contributed by atoms with van der Waals surface area (Å²) in [4.78, 5) is 18.4. The first-order valence-corrected chi connectivity index (χ1v) is 9.30. The lowest BCUT2D eigenvalue weighted by Crippen LogP contribution is -2.34. The van der Waals surface area contributed by atoms with Crippen LogP contribution in [0, 0.1) is 36.5 Å². The smallest absolute Gasteiger partial charge is 0.233 e. The van der Waals surface area contributed by atoms with Gasteiger partial charge >= 0.3 is 0 Å². The molecule has 0 spiro atoms. The van der Waals surface area contributed by atoms with Gasteiger partial charge in [-0.25, -0.2) is 4.98 Å². The van der Waals surface area contributed by atoms with Crippen LogP contribution in [0.15, 0.2) is 35.7 Å². The van der Waals surface area contributed by atoms with E-state index in [0.29, 0.717) is 13.1 Å². The van der Waals surface area contributed by atoms with Gasteiger partial charge < -0.3 is 4.90 Å². The Morgan fingerprint density at radius 2 is 1.77 bits per heavy atom. The van der Waals surface area contributed by atoms with E-state index in [9.17, 15) is 4.79 Å². The Kier molecular flexibility index (Phi) is 7.25. The lowest BCUT2D eigenvalue weighted by Gasteiger charge is -2.20. The van der Waals surface area contributed by atoms with Gasteiger partial charge in [0.1, 0.15) is 0 Å². The molecular weight excluding hydrogens is 346 g/mol. The number of nitriles is 2. The fourth-order valence-electron chi connectivity index (χ4n) is 2.63. The SMILES string of the molecule is Cc1cc(C)cc(-n2ccnc2SCC(=O)N(CCC#N)CCC#N)c1. The van der Waals surface area contributed by atoms with E-state index in [1.165, 1.54) is 22.9 Å². The largest absolute Gasteiger partial charge is 0.340 e. The van der Waals surface area contributed by atoms with E-state index in [-0.39, 0.29) is 24.5 Å². The molecule has 0 N–H and O–H groups in total. The number of imidazole rings is 1. The third-order valence-electron chi connectivity index (χ3n) is 3.76. The number of thioether (sulfide) groups is 1. The van der Waals surface area contributed by atoms with Crippen molar-refractivity contribution in [3.05, 3.63) is 41.7 Å². The number of amides is 1. The van der Waals surface area contributed by atoms with Crippen LogP contribution < -0.4 is 0 Å². The summed E-state index contributed by atoms with van der Waals surface area (Å²) in [6, 6.07) is 10.3. The van der Waals surface area contributed by atoms with Gasteiger partial charge in [-0.1, -0.05) is 17.8 Å². The summed E-state index contributed by atoms with van der Waals surface area (Å²) in [6.07, 6.45) is 4.12. The molecule has 1 heterocycles. The van der Waals surface area contributed by atoms with Crippen LogP contribution in [0.4, 0.5) is 0 Å². The number of benzene rings is 1. The minimum atomic E-state index is -0.0875. The Morgan fingerprint density at radius 3 is 2.35 bits per heavy atom. The summed E-state index contributed by atoms with van der Waals surface area (Å²) in [5.74, 6) is 0.133. The van der Waals surface area contributed by atoms with Gasteiger partial charge in [0.05, 0.1) is 30.7 Å². The number of aryl methyl sites for hydroxylation is 2. The molecule has 0 saturated carbocycles. The van der Waals surface area contributed by atoms with E-state index < -0.39 is 0 Å². The molecule has 0 aliphatic carbocycles. The maximum atomic E-state index is 12.5. The van der Waals surface area contributed by atoms with E-state index in [4.69, 9.17) is 10.5 Å². The van der Waals surface area contributed by atoms with Gasteiger partial charge in [-0.05, 0) is 37.1 Å². The average molecular weight is 367 g/mol. The minimum absolute atomic E-state index is 0.0875. The van der Waals surface area contributed by atoms with Gasteiger partial charge in [0.2, 0.25) is 5.91 Å². The summed E-state index contributed by atoms with van der Waals surface area (Å²) in [5.41, 5.74) is 3.35. The highest BCUT2D eigenvalue weighted by atomic mass is 32.2. The second-order valence-corrected chi connectivity index (χ2v) is 6.85. The molecule has 0 fully saturated rings. The van der Waals surface area contributed by atoms with Crippen LogP contribution in [0.3, 0.4) is 0 Å². The first kappa shape index (κ1) is 19.6. The van der Waals surface area contributed by atoms with Crippen LogP contribution in [-0.4, -0.2) is 39.2 Å². The van der Waals surface area contributed by atoms with E-state index >= 15 is 0 Å². The normalized spacial score (nSPS) is 10.2. The van der Waals surface area contributed by atoms with Crippen molar-refractivity contribution in [3.8, 4) is 17.8 Å². The maximum Gasteiger partial charge on any atom is 0.233 e. The molecule has 0 bridgehead atoms. The van der Waals surface area contributed by atoms with Crippen molar-refractivity contribution in [2.45, 2.75) is 31.8 Å². The Hall–Kier alpha value is -2.77. The van der Waals surface area contributed by atoms with Crippen LogP contribution in [0.25, 0.3) is 5.69 Å². The zero-order valence-corrected chi connectivity index (χ0v) is 15.8. The fraction of sp³-hybridized carbons (Fsp3) is 0.368. The van der Waals surface area contributed by atoms with Crippen molar-refractivity contribution >= 4 is 17.7 Å². The van der Waals surface area contributed by atoms with E-state index in [0.717, 1.165) is 10.8 Å². The first-order chi connectivity index (χ1) is 12.5. The summed E-state index contributed by atoms with van der Waals surface area (Å²) in [5, 5.41) is 18.2. The highest BCUT2D eigenvalue weighted by Gasteiger charge is 2.15. The van der Waals surface area contributed by atoms with Crippen molar-refractivity contribution in [2.24, 2.45) is 0 Å². The van der Waals surface area contributed by atoms with Gasteiger partial charge in [0.25, 0.3) is 0 Å². The van der Waals surface area contributed by atoms with Gasteiger partial charge in [-0.15, -0.1) is 0 Å². The van der Waals surface area contributed by atoms with Crippen LogP contribution in [-0.2, 0) is 4.79 Å². The second kappa shape index (κ2) is 9.65. The predicted molar refractivity (Wildman–Crippen MR) is 101 cm³/mol. The summed E-state index contributed by atoms with van der Waals surface area (Å²) < 4.78 is 1.97. The molecule has 1 aromatic carbocycles. The third-order valence-corrected chi connectivity index (χ3v) is 4.71. The average Bonchev–Trinajstić information content (AvgIpc) is 3.07. The molecule has 0 aliphatic heterocycles. The van der Waals surface area contributed by atoms with Crippen LogP contribution in [0.1, 0.15) is 24.0 Å². The van der Waals surface area contributed by atoms with Crippen LogP contribution in [0.2, 0.25) is 0 Å². The molecule has 2 rings (SSSR count). The van der Waals surface area contributed by atoms with E-state index in [2.05, 4.69) is 23.2 Å². The van der Waals surface area contributed by atoms with Gasteiger partial charge in [-0.2, -0.15) is 10.5 Å². The second-order valence-electron chi connectivity index (χ2n) is 5.91. The van der Waals surface area contributed by atoms with Gasteiger partial charge in [0, 0.05) is 31.2 Å². The van der Waals surface area contributed by atoms with Crippen molar-refractivity contribution in [1.82, 2.24) is 14.5 Å². The zero-order chi connectivity index (χ0) is 18.9. The molecule has 0 saturated heterocycles. The lowest BCUT2D eigenvalue weighted by atomic mass is 10.1. The number of nitrogens with zero attached hydrogens (tertiary/aromatic N) is 5. The predicted octanol–water partition coefficient (Wildman–Crippen LogP) is 3.24. The van der Waals surface area contributed by atoms with Crippen molar-refractivity contribution < 1.29 is 4.79 Å². The number of carbonyl (C=O) groups excluding carboxylic acids is 1. The van der Waals surface area contributed by atoms with Gasteiger partial charge in [-0.3, -0.25) is 9.36 Å². The number of carbonyl (C=O) groups is 1. The Balaban J connectivity index is 2.07. The van der Waals surface area contributed by atoms with Crippen molar-refractivity contribution in [1.29, 1.82) is 10.5 Å². The molecule has 0 unspecified atom stereocenters. The quantitative estimate of drug-likeness (QED) is 0.669. The Morgan fingerprint density at radius 1 is 1.15 bits per heavy atom. The third kappa shape index (κ3) is 5.37. The van der Waals surface area contributed by atoms with E-state index in [1.54, 1.807) is 11.1 Å². The highest BCUT2D eigenvalue weighted by Crippen LogP contribution is 2.22. The summed E-state index contributed by atoms with van der Waals surface area (Å²) in [7, 11) is 0. The molecule has 2 aromatic rings. The van der Waals surface area contributed by atoms with E-state index in [1.807, 2.05) is 36.7 Å². The zero-order valence-electron chi connectivity index (χ0n) is 15.0. The number of aromatic nitrogens is 2. The number of rotatable bonds is 8. The molecule has 0 aliphatic rings. The molecule has 134 valence electrons. The monoisotopic (exact) mass is 367 g/mol. The molecule has 1 amide bonds. The highest BCUT2D eigenvalue weighted by molar-refractivity contribution is 7.99. The molecule has 26 heavy (non-hydrogen) atoms.